The van der Waals surface area contributed by atoms with Crippen molar-refractivity contribution in [1.82, 2.24) is 30.0 Å². The quantitative estimate of drug-likeness (QED) is 0.413. The summed E-state index contributed by atoms with van der Waals surface area (Å²) in [5.74, 6) is -0.250. The number of hydrogen-bond acceptors (Lipinski definition) is 8. The molecule has 202 valence electrons. The van der Waals surface area contributed by atoms with E-state index in [2.05, 4.69) is 42.5 Å². The van der Waals surface area contributed by atoms with Gasteiger partial charge in [0, 0.05) is 68.2 Å². The zero-order valence-corrected chi connectivity index (χ0v) is 22.0. The number of aromatic amines is 1. The van der Waals surface area contributed by atoms with Gasteiger partial charge in [-0.05, 0) is 32.0 Å². The van der Waals surface area contributed by atoms with E-state index in [4.69, 9.17) is 16.6 Å². The number of aromatic nitrogens is 4. The van der Waals surface area contributed by atoms with E-state index in [1.54, 1.807) is 0 Å². The molecule has 2 aliphatic heterocycles. The van der Waals surface area contributed by atoms with Crippen LogP contribution in [0.25, 0.3) is 0 Å². The van der Waals surface area contributed by atoms with E-state index >= 15 is 0 Å². The van der Waals surface area contributed by atoms with Crippen LogP contribution in [-0.2, 0) is 0 Å². The molecule has 5 rings (SSSR count). The molecule has 10 nitrogen and oxygen atoms in total. The third kappa shape index (κ3) is 5.81. The second kappa shape index (κ2) is 11.1. The third-order valence-electron chi connectivity index (χ3n) is 6.85. The number of aryl methyl sites for hydroxylation is 1. The van der Waals surface area contributed by atoms with Gasteiger partial charge in [0.2, 0.25) is 5.95 Å². The maximum Gasteiger partial charge on any atom is 0.259 e. The van der Waals surface area contributed by atoms with Crippen molar-refractivity contribution in [3.05, 3.63) is 52.2 Å². The van der Waals surface area contributed by atoms with Gasteiger partial charge in [0.25, 0.3) is 5.91 Å². The fourth-order valence-corrected chi connectivity index (χ4v) is 4.97. The maximum atomic E-state index is 14.3. The number of nitrogens with one attached hydrogen (secondary N) is 3. The van der Waals surface area contributed by atoms with Crippen LogP contribution in [0.4, 0.5) is 32.2 Å². The predicted molar refractivity (Wildman–Crippen MR) is 142 cm³/mol. The topological polar surface area (TPSA) is 105 Å². The molecule has 0 bridgehead atoms. The lowest BCUT2D eigenvalue weighted by Crippen LogP contribution is -2.46. The first kappa shape index (κ1) is 26.1. The Morgan fingerprint density at radius 3 is 2.47 bits per heavy atom. The van der Waals surface area contributed by atoms with Gasteiger partial charge in [-0.25, -0.2) is 8.78 Å². The average Bonchev–Trinajstić information content (AvgIpc) is 3.52. The van der Waals surface area contributed by atoms with Crippen LogP contribution < -0.4 is 15.5 Å². The number of anilines is 4. The largest absolute Gasteiger partial charge is 0.354 e. The van der Waals surface area contributed by atoms with Gasteiger partial charge in [0.15, 0.2) is 5.82 Å². The summed E-state index contributed by atoms with van der Waals surface area (Å²) < 4.78 is 28.6. The van der Waals surface area contributed by atoms with Crippen molar-refractivity contribution in [2.24, 2.45) is 0 Å². The number of rotatable bonds is 7. The predicted octanol–water partition coefficient (Wildman–Crippen LogP) is 3.65. The van der Waals surface area contributed by atoms with Crippen molar-refractivity contribution in [2.45, 2.75) is 26.3 Å². The SMILES string of the molecule is CCN1CCN(c2cc(Nc3cc(C)[nH]n3)nc(N[C@H]3CCN(C(=O)c4c(F)cc(Cl)cc4F)C3)n2)CC1. The van der Waals surface area contributed by atoms with Crippen molar-refractivity contribution < 1.29 is 13.6 Å². The lowest BCUT2D eigenvalue weighted by Gasteiger charge is -2.35. The highest BCUT2D eigenvalue weighted by Gasteiger charge is 2.31. The molecule has 0 radical (unpaired) electrons. The number of halogens is 3. The van der Waals surface area contributed by atoms with Gasteiger partial charge in [-0.2, -0.15) is 15.1 Å². The average molecular weight is 546 g/mol. The first-order valence-corrected chi connectivity index (χ1v) is 13.0. The Hall–Kier alpha value is -3.51. The van der Waals surface area contributed by atoms with Gasteiger partial charge in [-0.1, -0.05) is 18.5 Å². The molecule has 13 heteroatoms. The molecule has 0 unspecified atom stereocenters. The Labute approximate surface area is 224 Å². The molecule has 1 aromatic carbocycles. The highest BCUT2D eigenvalue weighted by molar-refractivity contribution is 6.30. The molecule has 1 atom stereocenters. The van der Waals surface area contributed by atoms with Crippen molar-refractivity contribution in [1.29, 1.82) is 0 Å². The molecule has 0 spiro atoms. The van der Waals surface area contributed by atoms with Gasteiger partial charge < -0.3 is 25.3 Å². The Morgan fingerprint density at radius 1 is 1.08 bits per heavy atom. The Bertz CT molecular complexity index is 1290. The molecule has 3 N–H and O–H groups in total. The standard InChI is InChI=1S/C25H30ClF2N9O/c1-3-35-6-8-36(9-7-35)22-13-20(30-21-10-15(2)33-34-21)31-25(32-22)29-17-4-5-37(14-17)24(38)23-18(27)11-16(26)12-19(23)28/h10-13,17H,3-9,14H2,1-2H3,(H3,29,30,31,32,33,34)/t17-/m0/s1. The van der Waals surface area contributed by atoms with E-state index < -0.39 is 23.1 Å². The highest BCUT2D eigenvalue weighted by atomic mass is 35.5. The van der Waals surface area contributed by atoms with Crippen LogP contribution in [-0.4, -0.2) is 87.7 Å². The number of likely N-dealkylation sites (tertiary alicyclic amines) is 1. The number of carbonyl (C=O) groups excluding carboxylic acids is 1. The first-order valence-electron chi connectivity index (χ1n) is 12.6. The Balaban J connectivity index is 1.32. The summed E-state index contributed by atoms with van der Waals surface area (Å²) >= 11 is 5.70. The molecule has 38 heavy (non-hydrogen) atoms. The van der Waals surface area contributed by atoms with Crippen LogP contribution in [0.3, 0.4) is 0 Å². The van der Waals surface area contributed by atoms with E-state index in [-0.39, 0.29) is 17.6 Å². The molecule has 2 saturated heterocycles. The van der Waals surface area contributed by atoms with E-state index in [0.29, 0.717) is 30.5 Å². The Kier molecular flexibility index (Phi) is 7.61. The summed E-state index contributed by atoms with van der Waals surface area (Å²) in [7, 11) is 0. The number of carbonyl (C=O) groups is 1. The van der Waals surface area contributed by atoms with E-state index in [0.717, 1.165) is 56.4 Å². The molecule has 0 aliphatic carbocycles. The lowest BCUT2D eigenvalue weighted by molar-refractivity contribution is 0.0782. The van der Waals surface area contributed by atoms with Crippen LogP contribution in [0.15, 0.2) is 24.3 Å². The van der Waals surface area contributed by atoms with Crippen molar-refractivity contribution in [3.8, 4) is 0 Å². The van der Waals surface area contributed by atoms with Gasteiger partial charge in [0.05, 0.1) is 0 Å². The molecule has 2 fully saturated rings. The lowest BCUT2D eigenvalue weighted by atomic mass is 10.1. The minimum absolute atomic E-state index is 0.0972. The summed E-state index contributed by atoms with van der Waals surface area (Å²) in [5, 5.41) is 13.6. The monoisotopic (exact) mass is 545 g/mol. The summed E-state index contributed by atoms with van der Waals surface area (Å²) in [4.78, 5) is 28.3. The minimum Gasteiger partial charge on any atom is -0.354 e. The van der Waals surface area contributed by atoms with Gasteiger partial charge in [0.1, 0.15) is 28.8 Å². The molecule has 1 amide bonds. The fourth-order valence-electron chi connectivity index (χ4n) is 4.78. The van der Waals surface area contributed by atoms with Crippen LogP contribution in [0.5, 0.6) is 0 Å². The number of hydrogen-bond donors (Lipinski definition) is 3. The number of piperazine rings is 1. The number of H-pyrrole nitrogens is 1. The second-order valence-electron chi connectivity index (χ2n) is 9.54. The molecule has 2 aromatic heterocycles. The van der Waals surface area contributed by atoms with Crippen LogP contribution in [0.2, 0.25) is 5.02 Å². The van der Waals surface area contributed by atoms with Crippen LogP contribution in [0, 0.1) is 18.6 Å². The zero-order chi connectivity index (χ0) is 26.8. The summed E-state index contributed by atoms with van der Waals surface area (Å²) in [6.45, 7) is 9.25. The summed E-state index contributed by atoms with van der Waals surface area (Å²) in [6, 6.07) is 5.47. The molecular formula is C25H30ClF2N9O. The molecule has 2 aliphatic rings. The van der Waals surface area contributed by atoms with Crippen molar-refractivity contribution in [3.63, 3.8) is 0 Å². The number of amides is 1. The van der Waals surface area contributed by atoms with Gasteiger partial charge >= 0.3 is 0 Å². The van der Waals surface area contributed by atoms with Crippen LogP contribution >= 0.6 is 11.6 Å². The molecule has 4 heterocycles. The van der Waals surface area contributed by atoms with E-state index in [9.17, 15) is 13.6 Å². The fraction of sp³-hybridized carbons (Fsp3) is 0.440. The van der Waals surface area contributed by atoms with Crippen LogP contribution in [0.1, 0.15) is 29.4 Å². The second-order valence-corrected chi connectivity index (χ2v) is 9.98. The Morgan fingerprint density at radius 2 is 1.82 bits per heavy atom. The van der Waals surface area contributed by atoms with E-state index in [1.807, 2.05) is 19.1 Å². The van der Waals surface area contributed by atoms with Crippen molar-refractivity contribution >= 4 is 40.9 Å². The smallest absolute Gasteiger partial charge is 0.259 e. The molecule has 0 saturated carbocycles. The number of benzene rings is 1. The number of likely N-dealkylation sites (N-methyl/N-ethyl adjacent to an activating group) is 1. The molecular weight excluding hydrogens is 516 g/mol. The van der Waals surface area contributed by atoms with Gasteiger partial charge in [-0.3, -0.25) is 9.89 Å². The summed E-state index contributed by atoms with van der Waals surface area (Å²) in [5.41, 5.74) is 0.320. The molecule has 3 aromatic rings. The number of nitrogens with zero attached hydrogens (tertiary/aromatic N) is 6. The summed E-state index contributed by atoms with van der Waals surface area (Å²) in [6.07, 6.45) is 0.576. The zero-order valence-electron chi connectivity index (χ0n) is 21.3. The van der Waals surface area contributed by atoms with E-state index in [1.165, 1.54) is 4.90 Å². The minimum atomic E-state index is -0.972. The normalized spacial score (nSPS) is 18.2. The highest BCUT2D eigenvalue weighted by Crippen LogP contribution is 2.26. The van der Waals surface area contributed by atoms with Gasteiger partial charge in [-0.15, -0.1) is 0 Å². The van der Waals surface area contributed by atoms with Crippen molar-refractivity contribution in [2.75, 3.05) is 61.3 Å². The first-order chi connectivity index (χ1) is 18.3. The maximum absolute atomic E-state index is 14.3. The third-order valence-corrected chi connectivity index (χ3v) is 7.07.